The number of nitrogens with zero attached hydrogens (tertiary/aromatic N) is 3. The zero-order valence-corrected chi connectivity index (χ0v) is 15.4. The first-order valence-corrected chi connectivity index (χ1v) is 10.2. The molecular formula is C20H25N3OS. The molecule has 2 aromatic rings. The number of amides is 1. The summed E-state index contributed by atoms with van der Waals surface area (Å²) in [7, 11) is 0. The number of benzene rings is 1. The number of piperazine rings is 1. The van der Waals surface area contributed by atoms with Gasteiger partial charge >= 0.3 is 0 Å². The number of aromatic nitrogens is 1. The van der Waals surface area contributed by atoms with Crippen LogP contribution in [0.4, 0.5) is 0 Å². The van der Waals surface area contributed by atoms with Crippen molar-refractivity contribution in [1.82, 2.24) is 14.8 Å². The van der Waals surface area contributed by atoms with Gasteiger partial charge in [0.05, 0.1) is 0 Å². The van der Waals surface area contributed by atoms with E-state index in [2.05, 4.69) is 9.88 Å². The summed E-state index contributed by atoms with van der Waals surface area (Å²) < 4.78 is 0. The first kappa shape index (κ1) is 16.7. The van der Waals surface area contributed by atoms with Crippen LogP contribution in [0.15, 0.2) is 35.7 Å². The molecular weight excluding hydrogens is 330 g/mol. The van der Waals surface area contributed by atoms with E-state index in [1.807, 2.05) is 40.6 Å². The summed E-state index contributed by atoms with van der Waals surface area (Å²) in [5, 5.41) is 2.82. The van der Waals surface area contributed by atoms with Crippen molar-refractivity contribution in [2.75, 3.05) is 26.2 Å². The predicted molar refractivity (Wildman–Crippen MR) is 102 cm³/mol. The minimum absolute atomic E-state index is 0.0849. The maximum absolute atomic E-state index is 12.8. The molecule has 5 heteroatoms. The van der Waals surface area contributed by atoms with Gasteiger partial charge in [0.2, 0.25) is 0 Å². The minimum atomic E-state index is 0.0849. The van der Waals surface area contributed by atoms with Crippen molar-refractivity contribution < 1.29 is 4.79 Å². The average Bonchev–Trinajstić information content (AvgIpc) is 3.19. The Morgan fingerprint density at radius 2 is 1.72 bits per heavy atom. The molecule has 132 valence electrons. The van der Waals surface area contributed by atoms with Crippen molar-refractivity contribution in [3.63, 3.8) is 0 Å². The second kappa shape index (κ2) is 7.67. The van der Waals surface area contributed by atoms with Gasteiger partial charge in [0.15, 0.2) is 0 Å². The van der Waals surface area contributed by atoms with Gasteiger partial charge < -0.3 is 4.90 Å². The standard InChI is InChI=1S/C20H25N3OS/c24-20(18-15-25-19(21-18)16-7-3-1-4-8-16)23-13-11-22(12-14-23)17-9-5-2-6-10-17/h1,3-4,7-8,15,17H,2,5-6,9-14H2. The van der Waals surface area contributed by atoms with Crippen LogP contribution in [0.3, 0.4) is 0 Å². The van der Waals surface area contributed by atoms with E-state index in [-0.39, 0.29) is 5.91 Å². The first-order valence-electron chi connectivity index (χ1n) is 9.35. The summed E-state index contributed by atoms with van der Waals surface area (Å²) in [5.41, 5.74) is 1.67. The normalized spacial score (nSPS) is 19.9. The van der Waals surface area contributed by atoms with E-state index in [4.69, 9.17) is 0 Å². The summed E-state index contributed by atoms with van der Waals surface area (Å²) in [6, 6.07) is 10.8. The van der Waals surface area contributed by atoms with Crippen molar-refractivity contribution in [3.8, 4) is 10.6 Å². The molecule has 0 radical (unpaired) electrons. The van der Waals surface area contributed by atoms with Crippen LogP contribution < -0.4 is 0 Å². The van der Waals surface area contributed by atoms with Crippen molar-refractivity contribution in [3.05, 3.63) is 41.4 Å². The fraction of sp³-hybridized carbons (Fsp3) is 0.500. The van der Waals surface area contributed by atoms with Crippen molar-refractivity contribution in [2.45, 2.75) is 38.1 Å². The maximum atomic E-state index is 12.8. The number of rotatable bonds is 3. The number of carbonyl (C=O) groups excluding carboxylic acids is 1. The summed E-state index contributed by atoms with van der Waals surface area (Å²) in [6.45, 7) is 3.67. The molecule has 1 saturated carbocycles. The Morgan fingerprint density at radius 1 is 1.00 bits per heavy atom. The first-order chi connectivity index (χ1) is 12.3. The second-order valence-corrected chi connectivity index (χ2v) is 7.88. The zero-order valence-electron chi connectivity index (χ0n) is 14.6. The van der Waals surface area contributed by atoms with Gasteiger partial charge in [0.25, 0.3) is 5.91 Å². The quantitative estimate of drug-likeness (QED) is 0.838. The van der Waals surface area contributed by atoms with Gasteiger partial charge in [-0.1, -0.05) is 49.6 Å². The third-order valence-electron chi connectivity index (χ3n) is 5.44. The van der Waals surface area contributed by atoms with E-state index in [0.717, 1.165) is 42.8 Å². The Kier molecular flexibility index (Phi) is 5.13. The molecule has 0 N–H and O–H groups in total. The third-order valence-corrected chi connectivity index (χ3v) is 6.33. The molecule has 1 aromatic heterocycles. The fourth-order valence-electron chi connectivity index (χ4n) is 3.98. The minimum Gasteiger partial charge on any atom is -0.335 e. The molecule has 1 aliphatic heterocycles. The lowest BCUT2D eigenvalue weighted by Gasteiger charge is -2.40. The van der Waals surface area contributed by atoms with E-state index < -0.39 is 0 Å². The van der Waals surface area contributed by atoms with Gasteiger partial charge in [0, 0.05) is 43.2 Å². The molecule has 2 heterocycles. The molecule has 1 aliphatic carbocycles. The Labute approximate surface area is 153 Å². The SMILES string of the molecule is O=C(c1csc(-c2ccccc2)n1)N1CCN(C2CCCCC2)CC1. The second-order valence-electron chi connectivity index (χ2n) is 7.02. The summed E-state index contributed by atoms with van der Waals surface area (Å²) in [5.74, 6) is 0.0849. The van der Waals surface area contributed by atoms with Crippen LogP contribution >= 0.6 is 11.3 Å². The third kappa shape index (κ3) is 3.77. The van der Waals surface area contributed by atoms with Crippen LogP contribution in [0.5, 0.6) is 0 Å². The smallest absolute Gasteiger partial charge is 0.273 e. The summed E-state index contributed by atoms with van der Waals surface area (Å²) in [6.07, 6.45) is 6.79. The molecule has 1 saturated heterocycles. The van der Waals surface area contributed by atoms with Crippen LogP contribution in [0, 0.1) is 0 Å². The van der Waals surface area contributed by atoms with E-state index >= 15 is 0 Å². The Bertz CT molecular complexity index is 701. The monoisotopic (exact) mass is 355 g/mol. The van der Waals surface area contributed by atoms with E-state index in [0.29, 0.717) is 5.69 Å². The van der Waals surface area contributed by atoms with Gasteiger partial charge in [-0.15, -0.1) is 11.3 Å². The molecule has 25 heavy (non-hydrogen) atoms. The van der Waals surface area contributed by atoms with Crippen LogP contribution in [0.2, 0.25) is 0 Å². The topological polar surface area (TPSA) is 36.4 Å². The Morgan fingerprint density at radius 3 is 2.44 bits per heavy atom. The molecule has 0 atom stereocenters. The predicted octanol–water partition coefficient (Wildman–Crippen LogP) is 3.90. The average molecular weight is 356 g/mol. The number of hydrogen-bond acceptors (Lipinski definition) is 4. The molecule has 1 amide bonds. The summed E-state index contributed by atoms with van der Waals surface area (Å²) >= 11 is 1.55. The van der Waals surface area contributed by atoms with E-state index in [1.54, 1.807) is 11.3 Å². The molecule has 1 aromatic carbocycles. The van der Waals surface area contributed by atoms with Gasteiger partial charge in [-0.25, -0.2) is 4.98 Å². The maximum Gasteiger partial charge on any atom is 0.273 e. The highest BCUT2D eigenvalue weighted by atomic mass is 32.1. The fourth-order valence-corrected chi connectivity index (χ4v) is 4.78. The largest absolute Gasteiger partial charge is 0.335 e. The molecule has 2 fully saturated rings. The van der Waals surface area contributed by atoms with Gasteiger partial charge in [0.1, 0.15) is 10.7 Å². The van der Waals surface area contributed by atoms with Crippen molar-refractivity contribution >= 4 is 17.2 Å². The van der Waals surface area contributed by atoms with Crippen molar-refractivity contribution in [2.24, 2.45) is 0 Å². The zero-order chi connectivity index (χ0) is 17.1. The van der Waals surface area contributed by atoms with Crippen LogP contribution in [0.1, 0.15) is 42.6 Å². The highest BCUT2D eigenvalue weighted by Gasteiger charge is 2.28. The molecule has 4 rings (SSSR count). The van der Waals surface area contributed by atoms with Crippen LogP contribution in [0.25, 0.3) is 10.6 Å². The van der Waals surface area contributed by atoms with E-state index in [1.165, 1.54) is 32.1 Å². The molecule has 0 bridgehead atoms. The highest BCUT2D eigenvalue weighted by Crippen LogP contribution is 2.26. The lowest BCUT2D eigenvalue weighted by atomic mass is 9.94. The Balaban J connectivity index is 1.37. The van der Waals surface area contributed by atoms with Gasteiger partial charge in [-0.05, 0) is 12.8 Å². The van der Waals surface area contributed by atoms with Crippen LogP contribution in [-0.4, -0.2) is 52.9 Å². The summed E-state index contributed by atoms with van der Waals surface area (Å²) in [4.78, 5) is 21.9. The van der Waals surface area contributed by atoms with Crippen molar-refractivity contribution in [1.29, 1.82) is 0 Å². The lowest BCUT2D eigenvalue weighted by molar-refractivity contribution is 0.0519. The molecule has 0 unspecified atom stereocenters. The van der Waals surface area contributed by atoms with Gasteiger partial charge in [-0.3, -0.25) is 9.69 Å². The number of carbonyl (C=O) groups is 1. The molecule has 0 spiro atoms. The van der Waals surface area contributed by atoms with Crippen LogP contribution in [-0.2, 0) is 0 Å². The van der Waals surface area contributed by atoms with E-state index in [9.17, 15) is 4.79 Å². The number of hydrogen-bond donors (Lipinski definition) is 0. The number of thiazole rings is 1. The molecule has 2 aliphatic rings. The lowest BCUT2D eigenvalue weighted by Crippen LogP contribution is -2.52. The Hall–Kier alpha value is -1.72. The highest BCUT2D eigenvalue weighted by molar-refractivity contribution is 7.13. The molecule has 4 nitrogen and oxygen atoms in total. The van der Waals surface area contributed by atoms with Gasteiger partial charge in [-0.2, -0.15) is 0 Å².